The molecule has 11 nitrogen and oxygen atoms in total. The van der Waals surface area contributed by atoms with Crippen LogP contribution in [-0.2, 0) is 16.0 Å². The van der Waals surface area contributed by atoms with Crippen molar-refractivity contribution >= 4 is 34.7 Å². The molecule has 1 aliphatic carbocycles. The van der Waals surface area contributed by atoms with Gasteiger partial charge in [-0.05, 0) is 40.8 Å². The fourth-order valence-corrected chi connectivity index (χ4v) is 5.16. The van der Waals surface area contributed by atoms with Crippen LogP contribution in [0.5, 0.6) is 0 Å². The highest BCUT2D eigenvalue weighted by molar-refractivity contribution is 5.99. The average Bonchev–Trinajstić information content (AvgIpc) is 3.51. The van der Waals surface area contributed by atoms with E-state index in [1.165, 1.54) is 22.0 Å². The zero-order valence-electron chi connectivity index (χ0n) is 19.4. The Hall–Kier alpha value is -4.06. The largest absolute Gasteiger partial charge is 0.394 e. The summed E-state index contributed by atoms with van der Waals surface area (Å²) in [6, 6.07) is 13.9. The zero-order valence-corrected chi connectivity index (χ0v) is 19.4. The van der Waals surface area contributed by atoms with Crippen LogP contribution in [0.1, 0.15) is 30.7 Å². The summed E-state index contributed by atoms with van der Waals surface area (Å²) in [6.45, 7) is 1.01. The number of nitrogen functional groups attached to an aromatic ring is 1. The molecular weight excluding hydrogens is 464 g/mol. The second kappa shape index (κ2) is 8.26. The summed E-state index contributed by atoms with van der Waals surface area (Å²) in [6.07, 6.45) is -1.79. The maximum absolute atomic E-state index is 13.1. The van der Waals surface area contributed by atoms with Crippen LogP contribution in [0.2, 0.25) is 0 Å². The van der Waals surface area contributed by atoms with Gasteiger partial charge < -0.3 is 20.7 Å². The number of carbonyl (C=O) groups is 1. The molecule has 1 fully saturated rings. The fourth-order valence-electron chi connectivity index (χ4n) is 5.16. The number of ether oxygens (including phenoxy) is 1. The minimum atomic E-state index is -0.950. The molecule has 3 heterocycles. The summed E-state index contributed by atoms with van der Waals surface area (Å²) < 4.78 is 7.36. The number of aliphatic hydroxyl groups is 2. The molecule has 11 heteroatoms. The van der Waals surface area contributed by atoms with Crippen molar-refractivity contribution in [1.29, 1.82) is 0 Å². The van der Waals surface area contributed by atoms with E-state index >= 15 is 0 Å². The SMILES string of the molecule is CC(=O)N(c1ccc2c(c1)Cc1ccccc1-2)c1nc2c(=O)[nH]c(N)nc2n1C1CC(O)C(CO)O1. The van der Waals surface area contributed by atoms with E-state index < -0.39 is 30.6 Å². The average molecular weight is 489 g/mol. The van der Waals surface area contributed by atoms with Crippen LogP contribution in [0.4, 0.5) is 17.6 Å². The number of hydrogen-bond donors (Lipinski definition) is 4. The quantitative estimate of drug-likeness (QED) is 0.297. The van der Waals surface area contributed by atoms with Crippen LogP contribution < -0.4 is 16.2 Å². The Kier molecular flexibility index (Phi) is 5.14. The number of carbonyl (C=O) groups excluding carboxylic acids is 1. The van der Waals surface area contributed by atoms with Gasteiger partial charge in [0.2, 0.25) is 17.8 Å². The van der Waals surface area contributed by atoms with Crippen molar-refractivity contribution < 1.29 is 19.7 Å². The number of aromatic amines is 1. The predicted octanol–water partition coefficient (Wildman–Crippen LogP) is 1.60. The van der Waals surface area contributed by atoms with E-state index in [0.717, 1.165) is 23.1 Å². The molecule has 5 N–H and O–H groups in total. The van der Waals surface area contributed by atoms with Gasteiger partial charge >= 0.3 is 0 Å². The number of anilines is 3. The van der Waals surface area contributed by atoms with E-state index in [2.05, 4.69) is 27.1 Å². The number of nitrogens with one attached hydrogen (secondary N) is 1. The topological polar surface area (TPSA) is 160 Å². The molecule has 184 valence electrons. The van der Waals surface area contributed by atoms with E-state index in [1.54, 1.807) is 0 Å². The van der Waals surface area contributed by atoms with Gasteiger partial charge in [0.05, 0.1) is 18.4 Å². The highest BCUT2D eigenvalue weighted by Gasteiger charge is 2.38. The molecule has 2 aromatic carbocycles. The number of aromatic nitrogens is 4. The summed E-state index contributed by atoms with van der Waals surface area (Å²) in [7, 11) is 0. The molecule has 36 heavy (non-hydrogen) atoms. The van der Waals surface area contributed by atoms with Crippen molar-refractivity contribution in [2.24, 2.45) is 0 Å². The molecule has 3 unspecified atom stereocenters. The maximum Gasteiger partial charge on any atom is 0.280 e. The minimum absolute atomic E-state index is 0.0236. The summed E-state index contributed by atoms with van der Waals surface area (Å²) in [5.41, 5.74) is 10.4. The number of H-pyrrole nitrogens is 1. The molecule has 6 rings (SSSR count). The van der Waals surface area contributed by atoms with Crippen LogP contribution in [0.15, 0.2) is 47.3 Å². The molecule has 4 aromatic rings. The van der Waals surface area contributed by atoms with E-state index in [9.17, 15) is 19.8 Å². The van der Waals surface area contributed by atoms with Crippen molar-refractivity contribution in [1.82, 2.24) is 19.5 Å². The van der Waals surface area contributed by atoms with Gasteiger partial charge in [-0.1, -0.05) is 30.3 Å². The highest BCUT2D eigenvalue weighted by atomic mass is 16.5. The summed E-state index contributed by atoms with van der Waals surface area (Å²) >= 11 is 0. The summed E-state index contributed by atoms with van der Waals surface area (Å²) in [5.74, 6) is -0.363. The first kappa shape index (κ1) is 22.4. The Morgan fingerprint density at radius 1 is 1.22 bits per heavy atom. The molecule has 1 amide bonds. The number of hydrogen-bond acceptors (Lipinski definition) is 8. The number of benzene rings is 2. The molecule has 0 saturated carbocycles. The van der Waals surface area contributed by atoms with Crippen LogP contribution >= 0.6 is 0 Å². The van der Waals surface area contributed by atoms with Gasteiger partial charge in [-0.25, -0.2) is 4.98 Å². The molecular formula is C25H24N6O5. The van der Waals surface area contributed by atoms with Crippen LogP contribution in [0, 0.1) is 0 Å². The molecule has 1 aliphatic heterocycles. The smallest absolute Gasteiger partial charge is 0.280 e. The Labute approximate surface area is 204 Å². The third-order valence-corrected chi connectivity index (χ3v) is 6.77. The fraction of sp³-hybridized carbons (Fsp3) is 0.280. The minimum Gasteiger partial charge on any atom is -0.394 e. The zero-order chi connectivity index (χ0) is 25.1. The molecule has 1 saturated heterocycles. The number of nitrogens with two attached hydrogens (primary N) is 1. The number of fused-ring (bicyclic) bond motifs is 4. The highest BCUT2D eigenvalue weighted by Crippen LogP contribution is 2.41. The first-order valence-corrected chi connectivity index (χ1v) is 11.6. The Morgan fingerprint density at radius 3 is 2.75 bits per heavy atom. The second-order valence-corrected chi connectivity index (χ2v) is 9.05. The number of nitrogens with zero attached hydrogens (tertiary/aromatic N) is 4. The van der Waals surface area contributed by atoms with Gasteiger partial charge in [-0.15, -0.1) is 0 Å². The maximum atomic E-state index is 13.1. The van der Waals surface area contributed by atoms with E-state index in [-0.39, 0.29) is 35.4 Å². The van der Waals surface area contributed by atoms with Crippen molar-refractivity contribution in [2.45, 2.75) is 38.2 Å². The first-order valence-electron chi connectivity index (χ1n) is 11.6. The Balaban J connectivity index is 1.53. The number of amides is 1. The van der Waals surface area contributed by atoms with Crippen molar-refractivity contribution in [3.8, 4) is 11.1 Å². The molecule has 0 spiro atoms. The summed E-state index contributed by atoms with van der Waals surface area (Å²) in [4.78, 5) is 38.3. The monoisotopic (exact) mass is 488 g/mol. The van der Waals surface area contributed by atoms with Crippen molar-refractivity contribution in [3.63, 3.8) is 0 Å². The standard InChI is InChI=1S/C25H24N6O5/c1-12(33)30(15-6-7-17-14(9-15)8-13-4-2-3-5-16(13)17)25-27-21-22(28-24(26)29-23(21)35)31(25)20-10-18(34)19(11-32)36-20/h2-7,9,18-20,32,34H,8,10-11H2,1H3,(H3,26,28,29,35). The van der Waals surface area contributed by atoms with Gasteiger partial charge in [0.1, 0.15) is 12.3 Å². The van der Waals surface area contributed by atoms with E-state index in [0.29, 0.717) is 5.69 Å². The van der Waals surface area contributed by atoms with Crippen molar-refractivity contribution in [2.75, 3.05) is 17.2 Å². The van der Waals surface area contributed by atoms with Crippen LogP contribution in [-0.4, -0.2) is 54.5 Å². The molecule has 0 radical (unpaired) electrons. The molecule has 2 aliphatic rings. The second-order valence-electron chi connectivity index (χ2n) is 9.05. The van der Waals surface area contributed by atoms with Gasteiger partial charge in [0.15, 0.2) is 11.2 Å². The Morgan fingerprint density at radius 2 is 2.00 bits per heavy atom. The first-order chi connectivity index (χ1) is 17.4. The lowest BCUT2D eigenvalue weighted by atomic mass is 10.1. The third kappa shape index (κ3) is 3.40. The lowest BCUT2D eigenvalue weighted by Gasteiger charge is -2.24. The third-order valence-electron chi connectivity index (χ3n) is 6.77. The lowest BCUT2D eigenvalue weighted by Crippen LogP contribution is -2.28. The van der Waals surface area contributed by atoms with Crippen LogP contribution in [0.3, 0.4) is 0 Å². The Bertz CT molecular complexity index is 1580. The van der Waals surface area contributed by atoms with Gasteiger partial charge in [-0.3, -0.25) is 24.0 Å². The summed E-state index contributed by atoms with van der Waals surface area (Å²) in [5, 5.41) is 20.0. The lowest BCUT2D eigenvalue weighted by molar-refractivity contribution is -0.116. The molecule has 0 bridgehead atoms. The van der Waals surface area contributed by atoms with E-state index in [4.69, 9.17) is 10.5 Å². The number of aliphatic hydroxyl groups excluding tert-OH is 2. The number of imidazole rings is 1. The molecule has 2 aromatic heterocycles. The van der Waals surface area contributed by atoms with Gasteiger partial charge in [0.25, 0.3) is 5.56 Å². The van der Waals surface area contributed by atoms with Crippen LogP contribution in [0.25, 0.3) is 22.3 Å². The normalized spacial score (nSPS) is 20.5. The van der Waals surface area contributed by atoms with Gasteiger partial charge in [0, 0.05) is 13.3 Å². The van der Waals surface area contributed by atoms with E-state index in [1.807, 2.05) is 30.3 Å². The van der Waals surface area contributed by atoms with Gasteiger partial charge in [-0.2, -0.15) is 4.98 Å². The molecule has 3 atom stereocenters. The number of rotatable bonds is 4. The van der Waals surface area contributed by atoms with Crippen molar-refractivity contribution in [3.05, 3.63) is 63.9 Å². The predicted molar refractivity (Wildman–Crippen MR) is 132 cm³/mol.